The molecule has 0 amide bonds. The van der Waals surface area contributed by atoms with E-state index < -0.39 is 40.2 Å². The van der Waals surface area contributed by atoms with Gasteiger partial charge in [-0.2, -0.15) is 13.2 Å². The van der Waals surface area contributed by atoms with Crippen molar-refractivity contribution in [2.75, 3.05) is 7.11 Å². The highest BCUT2D eigenvalue weighted by molar-refractivity contribution is 6.30. The number of halogens is 5. The summed E-state index contributed by atoms with van der Waals surface area (Å²) in [7, 11) is 0.928. The van der Waals surface area contributed by atoms with E-state index >= 15 is 0 Å². The number of nitrogens with two attached hydrogens (primary N) is 1. The second-order valence-corrected chi connectivity index (χ2v) is 3.73. The number of rotatable bonds is 2. The van der Waals surface area contributed by atoms with Crippen LogP contribution in [0, 0.1) is 5.82 Å². The fourth-order valence-corrected chi connectivity index (χ4v) is 1.53. The van der Waals surface area contributed by atoms with Crippen molar-refractivity contribution in [2.45, 2.75) is 12.2 Å². The Kier molecular flexibility index (Phi) is 4.18. The maximum Gasteiger partial charge on any atom is 0.416 e. The lowest BCUT2D eigenvalue weighted by atomic mass is 9.99. The summed E-state index contributed by atoms with van der Waals surface area (Å²) in [5.74, 6) is -2.58. The molecule has 0 aromatic heterocycles. The summed E-state index contributed by atoms with van der Waals surface area (Å²) in [6.45, 7) is 0. The molecule has 2 N–H and O–H groups in total. The summed E-state index contributed by atoms with van der Waals surface area (Å²) in [6.07, 6.45) is -4.85. The van der Waals surface area contributed by atoms with Crippen LogP contribution in [0.4, 0.5) is 17.6 Å². The van der Waals surface area contributed by atoms with Gasteiger partial charge in [0.15, 0.2) is 0 Å². The standard InChI is InChI=1S/C10H8ClF4NO2/c1-18-9(17)8(16)6-4(10(13,14)15)2-3-5(11)7(6)12/h2-3,8H,16H2,1H3/t8-/m0/s1. The third-order valence-corrected chi connectivity index (χ3v) is 2.50. The van der Waals surface area contributed by atoms with E-state index in [9.17, 15) is 22.4 Å². The first-order valence-electron chi connectivity index (χ1n) is 4.58. The number of hydrogen-bond acceptors (Lipinski definition) is 3. The molecule has 18 heavy (non-hydrogen) atoms. The lowest BCUT2D eigenvalue weighted by Gasteiger charge is -2.18. The molecule has 0 heterocycles. The van der Waals surface area contributed by atoms with Crippen LogP contribution in [0.25, 0.3) is 0 Å². The number of ether oxygens (including phenoxy) is 1. The highest BCUT2D eigenvalue weighted by Gasteiger charge is 2.38. The van der Waals surface area contributed by atoms with Gasteiger partial charge in [0.25, 0.3) is 0 Å². The van der Waals surface area contributed by atoms with Crippen molar-refractivity contribution in [3.63, 3.8) is 0 Å². The van der Waals surface area contributed by atoms with Crippen molar-refractivity contribution >= 4 is 17.6 Å². The van der Waals surface area contributed by atoms with E-state index in [1.54, 1.807) is 0 Å². The maximum atomic E-state index is 13.6. The molecule has 0 saturated heterocycles. The Hall–Kier alpha value is -1.34. The largest absolute Gasteiger partial charge is 0.468 e. The number of methoxy groups -OCH3 is 1. The van der Waals surface area contributed by atoms with Crippen LogP contribution in [0.3, 0.4) is 0 Å². The molecule has 1 atom stereocenters. The van der Waals surface area contributed by atoms with Gasteiger partial charge in [0.05, 0.1) is 17.7 Å². The van der Waals surface area contributed by atoms with Crippen LogP contribution < -0.4 is 5.73 Å². The quantitative estimate of drug-likeness (QED) is 0.671. The molecule has 8 heteroatoms. The van der Waals surface area contributed by atoms with E-state index in [2.05, 4.69) is 4.74 Å². The molecule has 0 spiro atoms. The Morgan fingerprint density at radius 2 is 2.00 bits per heavy atom. The zero-order valence-electron chi connectivity index (χ0n) is 9.02. The summed E-state index contributed by atoms with van der Waals surface area (Å²) in [5, 5.41) is -0.558. The molecular formula is C10H8ClF4NO2. The van der Waals surface area contributed by atoms with Crippen LogP contribution in [0.5, 0.6) is 0 Å². The normalized spacial score (nSPS) is 13.3. The fraction of sp³-hybridized carbons (Fsp3) is 0.300. The zero-order chi connectivity index (χ0) is 14.1. The predicted octanol–water partition coefficient (Wildman–Crippen LogP) is 2.67. The number of carbonyl (C=O) groups is 1. The van der Waals surface area contributed by atoms with Gasteiger partial charge in [0, 0.05) is 5.56 Å². The smallest absolute Gasteiger partial charge is 0.416 e. The van der Waals surface area contributed by atoms with Gasteiger partial charge in [-0.25, -0.2) is 4.39 Å². The summed E-state index contributed by atoms with van der Waals surface area (Å²) >= 11 is 5.38. The van der Waals surface area contributed by atoms with Crippen LogP contribution >= 0.6 is 11.6 Å². The van der Waals surface area contributed by atoms with Crippen molar-refractivity contribution in [1.82, 2.24) is 0 Å². The van der Waals surface area contributed by atoms with Crippen molar-refractivity contribution in [3.8, 4) is 0 Å². The van der Waals surface area contributed by atoms with Crippen molar-refractivity contribution in [3.05, 3.63) is 34.1 Å². The van der Waals surface area contributed by atoms with Crippen molar-refractivity contribution < 1.29 is 27.1 Å². The molecule has 0 aliphatic carbocycles. The first-order chi connectivity index (χ1) is 8.20. The molecule has 0 saturated carbocycles. The molecule has 0 unspecified atom stereocenters. The molecule has 0 aliphatic heterocycles. The second kappa shape index (κ2) is 5.11. The fourth-order valence-electron chi connectivity index (χ4n) is 1.36. The lowest BCUT2D eigenvalue weighted by Crippen LogP contribution is -2.27. The van der Waals surface area contributed by atoms with Crippen LogP contribution in [0.2, 0.25) is 5.02 Å². The van der Waals surface area contributed by atoms with E-state index in [0.29, 0.717) is 6.07 Å². The highest BCUT2D eigenvalue weighted by atomic mass is 35.5. The summed E-state index contributed by atoms with van der Waals surface area (Å²) < 4.78 is 55.8. The van der Waals surface area contributed by atoms with Gasteiger partial charge in [-0.3, -0.25) is 4.79 Å². The van der Waals surface area contributed by atoms with Crippen LogP contribution in [-0.2, 0) is 15.7 Å². The van der Waals surface area contributed by atoms with Crippen LogP contribution in [0.1, 0.15) is 17.2 Å². The van der Waals surface area contributed by atoms with E-state index in [1.165, 1.54) is 0 Å². The molecule has 1 aromatic carbocycles. The van der Waals surface area contributed by atoms with Gasteiger partial charge in [-0.15, -0.1) is 0 Å². The minimum Gasteiger partial charge on any atom is -0.468 e. The topological polar surface area (TPSA) is 52.3 Å². The Morgan fingerprint density at radius 1 is 1.44 bits per heavy atom. The molecular weight excluding hydrogens is 278 g/mol. The van der Waals surface area contributed by atoms with Gasteiger partial charge in [-0.05, 0) is 12.1 Å². The summed E-state index contributed by atoms with van der Waals surface area (Å²) in [4.78, 5) is 11.1. The molecule has 1 aromatic rings. The Balaban J connectivity index is 3.48. The number of carbonyl (C=O) groups excluding carboxylic acids is 1. The monoisotopic (exact) mass is 285 g/mol. The van der Waals surface area contributed by atoms with Gasteiger partial charge in [0.1, 0.15) is 11.9 Å². The van der Waals surface area contributed by atoms with Gasteiger partial charge < -0.3 is 10.5 Å². The van der Waals surface area contributed by atoms with E-state index in [1.807, 2.05) is 0 Å². The third-order valence-electron chi connectivity index (χ3n) is 2.20. The van der Waals surface area contributed by atoms with E-state index in [-0.39, 0.29) is 0 Å². The number of alkyl halides is 3. The van der Waals surface area contributed by atoms with Crippen molar-refractivity contribution in [2.24, 2.45) is 5.73 Å². The Bertz CT molecular complexity index is 476. The summed E-state index contributed by atoms with van der Waals surface area (Å²) in [5.41, 5.74) is 2.86. The first-order valence-corrected chi connectivity index (χ1v) is 4.96. The molecule has 3 nitrogen and oxygen atoms in total. The van der Waals surface area contributed by atoms with Crippen LogP contribution in [-0.4, -0.2) is 13.1 Å². The molecule has 0 radical (unpaired) electrons. The van der Waals surface area contributed by atoms with E-state index in [0.717, 1.165) is 13.2 Å². The molecule has 0 aliphatic rings. The Labute approximate surface area is 104 Å². The summed E-state index contributed by atoms with van der Waals surface area (Å²) in [6, 6.07) is -0.596. The maximum absolute atomic E-state index is 13.6. The van der Waals surface area contributed by atoms with E-state index in [4.69, 9.17) is 17.3 Å². The molecule has 0 fully saturated rings. The zero-order valence-corrected chi connectivity index (χ0v) is 9.77. The minimum absolute atomic E-state index is 0.558. The second-order valence-electron chi connectivity index (χ2n) is 3.32. The van der Waals surface area contributed by atoms with Gasteiger partial charge >= 0.3 is 12.1 Å². The van der Waals surface area contributed by atoms with Gasteiger partial charge in [-0.1, -0.05) is 11.6 Å². The highest BCUT2D eigenvalue weighted by Crippen LogP contribution is 2.37. The average Bonchev–Trinajstić information content (AvgIpc) is 2.29. The lowest BCUT2D eigenvalue weighted by molar-refractivity contribution is -0.144. The SMILES string of the molecule is COC(=O)[C@@H](N)c1c(C(F)(F)F)ccc(Cl)c1F. The predicted molar refractivity (Wildman–Crippen MR) is 55.4 cm³/mol. The van der Waals surface area contributed by atoms with Gasteiger partial charge in [0.2, 0.25) is 0 Å². The average molecular weight is 286 g/mol. The first kappa shape index (κ1) is 14.7. The number of benzene rings is 1. The molecule has 1 rings (SSSR count). The molecule has 0 bridgehead atoms. The third kappa shape index (κ3) is 2.73. The van der Waals surface area contributed by atoms with Crippen molar-refractivity contribution in [1.29, 1.82) is 0 Å². The molecule has 100 valence electrons. The minimum atomic E-state index is -4.85. The van der Waals surface area contributed by atoms with Crippen LogP contribution in [0.15, 0.2) is 12.1 Å². The Morgan fingerprint density at radius 3 is 2.44 bits per heavy atom. The number of hydrogen-bond donors (Lipinski definition) is 1. The number of esters is 1.